The van der Waals surface area contributed by atoms with Crippen LogP contribution in [0.2, 0.25) is 0 Å². The van der Waals surface area contributed by atoms with Crippen molar-refractivity contribution in [2.75, 3.05) is 13.2 Å². The SMILES string of the molecule is C[C@H]1CCC[C@H](C)N1C[C@@H]1CO1. The number of hydrogen-bond donors (Lipinski definition) is 0. The van der Waals surface area contributed by atoms with Crippen LogP contribution in [0.15, 0.2) is 0 Å². The van der Waals surface area contributed by atoms with Crippen molar-refractivity contribution in [3.8, 4) is 0 Å². The van der Waals surface area contributed by atoms with Gasteiger partial charge in [-0.05, 0) is 26.7 Å². The highest BCUT2D eigenvalue weighted by atomic mass is 16.6. The van der Waals surface area contributed by atoms with Crippen LogP contribution in [0.4, 0.5) is 0 Å². The highest BCUT2D eigenvalue weighted by molar-refractivity contribution is 4.84. The lowest BCUT2D eigenvalue weighted by Crippen LogP contribution is -2.45. The van der Waals surface area contributed by atoms with Crippen molar-refractivity contribution in [1.82, 2.24) is 4.90 Å². The molecule has 0 bridgehead atoms. The molecule has 70 valence electrons. The van der Waals surface area contributed by atoms with E-state index < -0.39 is 0 Å². The fourth-order valence-corrected chi connectivity index (χ4v) is 2.24. The van der Waals surface area contributed by atoms with E-state index in [4.69, 9.17) is 4.74 Å². The second-order valence-corrected chi connectivity index (χ2v) is 4.28. The second kappa shape index (κ2) is 3.35. The lowest BCUT2D eigenvalue weighted by Gasteiger charge is -2.38. The van der Waals surface area contributed by atoms with Crippen LogP contribution >= 0.6 is 0 Å². The van der Waals surface area contributed by atoms with Gasteiger partial charge in [0.05, 0.1) is 12.7 Å². The molecule has 2 saturated heterocycles. The molecule has 0 aromatic carbocycles. The summed E-state index contributed by atoms with van der Waals surface area (Å²) in [5, 5.41) is 0. The Morgan fingerprint density at radius 1 is 1.25 bits per heavy atom. The maximum atomic E-state index is 5.27. The maximum Gasteiger partial charge on any atom is 0.0936 e. The summed E-state index contributed by atoms with van der Waals surface area (Å²) in [6.07, 6.45) is 4.71. The normalized spacial score (nSPS) is 43.0. The van der Waals surface area contributed by atoms with Crippen molar-refractivity contribution in [2.24, 2.45) is 0 Å². The Morgan fingerprint density at radius 2 is 1.83 bits per heavy atom. The number of nitrogens with zero attached hydrogens (tertiary/aromatic N) is 1. The molecule has 0 saturated carbocycles. The number of rotatable bonds is 2. The van der Waals surface area contributed by atoms with Crippen LogP contribution in [0, 0.1) is 0 Å². The molecule has 2 aliphatic rings. The Morgan fingerprint density at radius 3 is 2.33 bits per heavy atom. The third-order valence-electron chi connectivity index (χ3n) is 3.19. The van der Waals surface area contributed by atoms with E-state index in [2.05, 4.69) is 18.7 Å². The number of piperidine rings is 1. The van der Waals surface area contributed by atoms with Crippen molar-refractivity contribution in [1.29, 1.82) is 0 Å². The van der Waals surface area contributed by atoms with Gasteiger partial charge in [-0.25, -0.2) is 0 Å². The first-order valence-electron chi connectivity index (χ1n) is 5.14. The molecule has 0 N–H and O–H groups in total. The van der Waals surface area contributed by atoms with Gasteiger partial charge in [0, 0.05) is 18.6 Å². The molecular formula is C10H19NO. The van der Waals surface area contributed by atoms with Crippen LogP contribution in [0.1, 0.15) is 33.1 Å². The third-order valence-corrected chi connectivity index (χ3v) is 3.19. The molecule has 2 nitrogen and oxygen atoms in total. The third kappa shape index (κ3) is 1.80. The predicted molar refractivity (Wildman–Crippen MR) is 49.2 cm³/mol. The van der Waals surface area contributed by atoms with E-state index in [0.29, 0.717) is 6.10 Å². The summed E-state index contributed by atoms with van der Waals surface area (Å²) >= 11 is 0. The molecule has 0 aromatic heterocycles. The van der Waals surface area contributed by atoms with Crippen LogP contribution in [0.3, 0.4) is 0 Å². The van der Waals surface area contributed by atoms with Gasteiger partial charge in [0.25, 0.3) is 0 Å². The summed E-state index contributed by atoms with van der Waals surface area (Å²) in [6.45, 7) is 6.86. The van der Waals surface area contributed by atoms with E-state index in [1.807, 2.05) is 0 Å². The van der Waals surface area contributed by atoms with Crippen molar-refractivity contribution >= 4 is 0 Å². The van der Waals surface area contributed by atoms with E-state index in [0.717, 1.165) is 18.7 Å². The minimum absolute atomic E-state index is 0.563. The first-order valence-corrected chi connectivity index (χ1v) is 5.14. The molecule has 2 heterocycles. The molecule has 0 unspecified atom stereocenters. The minimum Gasteiger partial charge on any atom is -0.372 e. The summed E-state index contributed by atoms with van der Waals surface area (Å²) in [5.74, 6) is 0. The highest BCUT2D eigenvalue weighted by Gasteiger charge is 2.31. The van der Waals surface area contributed by atoms with Crippen LogP contribution in [0.5, 0.6) is 0 Å². The number of hydrogen-bond acceptors (Lipinski definition) is 2. The zero-order valence-corrected chi connectivity index (χ0v) is 8.12. The summed E-state index contributed by atoms with van der Waals surface area (Å²) < 4.78 is 5.27. The Bertz CT molecular complexity index is 146. The molecule has 2 fully saturated rings. The Balaban J connectivity index is 1.88. The second-order valence-electron chi connectivity index (χ2n) is 4.28. The zero-order valence-electron chi connectivity index (χ0n) is 8.12. The fourth-order valence-electron chi connectivity index (χ4n) is 2.24. The topological polar surface area (TPSA) is 15.8 Å². The highest BCUT2D eigenvalue weighted by Crippen LogP contribution is 2.24. The average molecular weight is 169 g/mol. The van der Waals surface area contributed by atoms with Crippen LogP contribution < -0.4 is 0 Å². The first-order chi connectivity index (χ1) is 5.77. The number of ether oxygens (including phenoxy) is 1. The Hall–Kier alpha value is -0.0800. The molecule has 0 radical (unpaired) electrons. The van der Waals surface area contributed by atoms with Gasteiger partial charge in [-0.3, -0.25) is 4.90 Å². The summed E-state index contributed by atoms with van der Waals surface area (Å²) in [4.78, 5) is 2.61. The van der Waals surface area contributed by atoms with Crippen molar-refractivity contribution in [2.45, 2.75) is 51.3 Å². The molecule has 2 aliphatic heterocycles. The zero-order chi connectivity index (χ0) is 8.55. The van der Waals surface area contributed by atoms with E-state index in [-0.39, 0.29) is 0 Å². The lowest BCUT2D eigenvalue weighted by atomic mass is 9.97. The first kappa shape index (κ1) is 8.52. The lowest BCUT2D eigenvalue weighted by molar-refractivity contribution is 0.0941. The number of epoxide rings is 1. The van der Waals surface area contributed by atoms with Crippen molar-refractivity contribution in [3.05, 3.63) is 0 Å². The van der Waals surface area contributed by atoms with Crippen LogP contribution in [0.25, 0.3) is 0 Å². The van der Waals surface area contributed by atoms with Crippen LogP contribution in [-0.4, -0.2) is 36.2 Å². The summed E-state index contributed by atoms with van der Waals surface area (Å²) in [7, 11) is 0. The van der Waals surface area contributed by atoms with Gasteiger partial charge in [-0.1, -0.05) is 6.42 Å². The molecule has 12 heavy (non-hydrogen) atoms. The van der Waals surface area contributed by atoms with Gasteiger partial charge in [-0.2, -0.15) is 0 Å². The fraction of sp³-hybridized carbons (Fsp3) is 1.00. The van der Waals surface area contributed by atoms with Gasteiger partial charge < -0.3 is 4.74 Å². The molecule has 0 spiro atoms. The predicted octanol–water partition coefficient (Wildman–Crippen LogP) is 1.65. The molecule has 0 aliphatic carbocycles. The maximum absolute atomic E-state index is 5.27. The van der Waals surface area contributed by atoms with E-state index in [1.54, 1.807) is 0 Å². The monoisotopic (exact) mass is 169 g/mol. The molecular weight excluding hydrogens is 150 g/mol. The largest absolute Gasteiger partial charge is 0.372 e. The molecule has 0 aromatic rings. The van der Waals surface area contributed by atoms with E-state index in [9.17, 15) is 0 Å². The van der Waals surface area contributed by atoms with Gasteiger partial charge in [0.2, 0.25) is 0 Å². The summed E-state index contributed by atoms with van der Waals surface area (Å²) in [6, 6.07) is 1.55. The van der Waals surface area contributed by atoms with Gasteiger partial charge in [0.15, 0.2) is 0 Å². The Kier molecular flexibility index (Phi) is 2.37. The minimum atomic E-state index is 0.563. The molecule has 3 atom stereocenters. The standard InChI is InChI=1S/C10H19NO/c1-8-4-3-5-9(2)11(8)6-10-7-12-10/h8-10H,3-7H2,1-2H3/t8-,9-,10+/m0/s1. The van der Waals surface area contributed by atoms with Gasteiger partial charge >= 0.3 is 0 Å². The number of likely N-dealkylation sites (tertiary alicyclic amines) is 1. The molecule has 0 amide bonds. The Labute approximate surface area is 74.9 Å². The van der Waals surface area contributed by atoms with Crippen molar-refractivity contribution in [3.63, 3.8) is 0 Å². The van der Waals surface area contributed by atoms with Crippen LogP contribution in [-0.2, 0) is 4.74 Å². The van der Waals surface area contributed by atoms with Gasteiger partial charge in [0.1, 0.15) is 0 Å². The molecule has 2 rings (SSSR count). The average Bonchev–Trinajstić information content (AvgIpc) is 2.80. The van der Waals surface area contributed by atoms with E-state index in [1.165, 1.54) is 25.8 Å². The van der Waals surface area contributed by atoms with Gasteiger partial charge in [-0.15, -0.1) is 0 Å². The quantitative estimate of drug-likeness (QED) is 0.584. The smallest absolute Gasteiger partial charge is 0.0936 e. The van der Waals surface area contributed by atoms with Crippen molar-refractivity contribution < 1.29 is 4.74 Å². The molecule has 2 heteroatoms. The van der Waals surface area contributed by atoms with E-state index >= 15 is 0 Å². The summed E-state index contributed by atoms with van der Waals surface area (Å²) in [5.41, 5.74) is 0.